The lowest BCUT2D eigenvalue weighted by Gasteiger charge is -2.25. The molecule has 1 unspecified atom stereocenters. The van der Waals surface area contributed by atoms with Gasteiger partial charge in [0.25, 0.3) is 5.91 Å². The molecule has 0 saturated heterocycles. The van der Waals surface area contributed by atoms with Crippen LogP contribution in [0.3, 0.4) is 0 Å². The Morgan fingerprint density at radius 1 is 1.04 bits per heavy atom. The number of hydrogen-bond acceptors (Lipinski definition) is 3. The van der Waals surface area contributed by atoms with Gasteiger partial charge in [-0.3, -0.25) is 9.78 Å². The SMILES string of the molecule is Cc1ccc(C(C)N(C)C(=O)c2cnc3ccccc3n2)cc1. The van der Waals surface area contributed by atoms with Crippen molar-refractivity contribution in [3.63, 3.8) is 0 Å². The van der Waals surface area contributed by atoms with Crippen LogP contribution < -0.4 is 0 Å². The molecule has 1 aromatic heterocycles. The summed E-state index contributed by atoms with van der Waals surface area (Å²) < 4.78 is 0. The van der Waals surface area contributed by atoms with E-state index < -0.39 is 0 Å². The fourth-order valence-corrected chi connectivity index (χ4v) is 2.49. The highest BCUT2D eigenvalue weighted by Crippen LogP contribution is 2.21. The fourth-order valence-electron chi connectivity index (χ4n) is 2.49. The van der Waals surface area contributed by atoms with Gasteiger partial charge in [-0.15, -0.1) is 0 Å². The van der Waals surface area contributed by atoms with Crippen molar-refractivity contribution in [3.8, 4) is 0 Å². The zero-order chi connectivity index (χ0) is 16.4. The van der Waals surface area contributed by atoms with E-state index in [-0.39, 0.29) is 11.9 Å². The summed E-state index contributed by atoms with van der Waals surface area (Å²) >= 11 is 0. The van der Waals surface area contributed by atoms with Gasteiger partial charge in [0.2, 0.25) is 0 Å². The van der Waals surface area contributed by atoms with Gasteiger partial charge in [-0.25, -0.2) is 4.98 Å². The number of aromatic nitrogens is 2. The quantitative estimate of drug-likeness (QED) is 0.740. The first-order valence-corrected chi connectivity index (χ1v) is 7.62. The standard InChI is InChI=1S/C19H19N3O/c1-13-8-10-15(11-9-13)14(2)22(3)19(23)18-12-20-16-6-4-5-7-17(16)21-18/h4-12,14H,1-3H3. The summed E-state index contributed by atoms with van der Waals surface area (Å²) in [5.41, 5.74) is 4.19. The molecule has 0 bridgehead atoms. The normalized spacial score (nSPS) is 12.1. The van der Waals surface area contributed by atoms with Crippen LogP contribution in [0.4, 0.5) is 0 Å². The Kier molecular flexibility index (Phi) is 4.06. The van der Waals surface area contributed by atoms with Crippen molar-refractivity contribution in [3.05, 3.63) is 71.5 Å². The van der Waals surface area contributed by atoms with E-state index in [0.29, 0.717) is 5.69 Å². The van der Waals surface area contributed by atoms with Crippen LogP contribution in [0, 0.1) is 6.92 Å². The molecular formula is C19H19N3O. The van der Waals surface area contributed by atoms with E-state index in [9.17, 15) is 4.79 Å². The van der Waals surface area contributed by atoms with Crippen LogP contribution in [0.1, 0.15) is 34.6 Å². The molecule has 0 aliphatic carbocycles. The van der Waals surface area contributed by atoms with E-state index in [2.05, 4.69) is 34.2 Å². The Morgan fingerprint density at radius 2 is 1.70 bits per heavy atom. The highest BCUT2D eigenvalue weighted by Gasteiger charge is 2.20. The molecule has 0 radical (unpaired) electrons. The maximum Gasteiger partial charge on any atom is 0.274 e. The molecule has 1 atom stereocenters. The van der Waals surface area contributed by atoms with Crippen molar-refractivity contribution in [1.82, 2.24) is 14.9 Å². The Balaban J connectivity index is 1.86. The Hall–Kier alpha value is -2.75. The number of carbonyl (C=O) groups excluding carboxylic acids is 1. The van der Waals surface area contributed by atoms with Crippen LogP contribution in [0.2, 0.25) is 0 Å². The fraction of sp³-hybridized carbons (Fsp3) is 0.211. The molecular weight excluding hydrogens is 286 g/mol. The summed E-state index contributed by atoms with van der Waals surface area (Å²) in [5, 5.41) is 0. The molecule has 23 heavy (non-hydrogen) atoms. The molecule has 3 rings (SSSR count). The van der Waals surface area contributed by atoms with E-state index in [1.165, 1.54) is 5.56 Å². The van der Waals surface area contributed by atoms with Crippen LogP contribution in [0.15, 0.2) is 54.7 Å². The maximum absolute atomic E-state index is 12.7. The number of rotatable bonds is 3. The van der Waals surface area contributed by atoms with E-state index in [1.54, 1.807) is 18.1 Å². The number of carbonyl (C=O) groups is 1. The van der Waals surface area contributed by atoms with E-state index >= 15 is 0 Å². The number of nitrogens with zero attached hydrogens (tertiary/aromatic N) is 3. The third-order valence-corrected chi connectivity index (χ3v) is 4.13. The van der Waals surface area contributed by atoms with Crippen LogP contribution in [0.25, 0.3) is 11.0 Å². The van der Waals surface area contributed by atoms with Crippen molar-refractivity contribution in [2.24, 2.45) is 0 Å². The second-order valence-electron chi connectivity index (χ2n) is 5.75. The number of amides is 1. The Morgan fingerprint density at radius 3 is 2.39 bits per heavy atom. The lowest BCUT2D eigenvalue weighted by atomic mass is 10.1. The van der Waals surface area contributed by atoms with Gasteiger partial charge in [0.05, 0.1) is 23.3 Å². The van der Waals surface area contributed by atoms with Crippen LogP contribution >= 0.6 is 0 Å². The van der Waals surface area contributed by atoms with Crippen molar-refractivity contribution >= 4 is 16.9 Å². The Bertz CT molecular complexity index is 843. The summed E-state index contributed by atoms with van der Waals surface area (Å²) in [4.78, 5) is 23.1. The van der Waals surface area contributed by atoms with Gasteiger partial charge < -0.3 is 4.90 Å². The van der Waals surface area contributed by atoms with Gasteiger partial charge >= 0.3 is 0 Å². The molecule has 4 nitrogen and oxygen atoms in total. The average Bonchev–Trinajstić information content (AvgIpc) is 2.60. The summed E-state index contributed by atoms with van der Waals surface area (Å²) in [6.45, 7) is 4.06. The van der Waals surface area contributed by atoms with E-state index in [4.69, 9.17) is 0 Å². The zero-order valence-electron chi connectivity index (χ0n) is 13.5. The first kappa shape index (κ1) is 15.2. The molecule has 0 N–H and O–H groups in total. The number of benzene rings is 2. The minimum absolute atomic E-state index is 0.0311. The Labute approximate surface area is 135 Å². The van der Waals surface area contributed by atoms with Gasteiger partial charge in [0.1, 0.15) is 5.69 Å². The van der Waals surface area contributed by atoms with Crippen LogP contribution in [-0.2, 0) is 0 Å². The molecule has 3 aromatic rings. The minimum Gasteiger partial charge on any atom is -0.334 e. The molecule has 0 aliphatic heterocycles. The third-order valence-electron chi connectivity index (χ3n) is 4.13. The highest BCUT2D eigenvalue weighted by atomic mass is 16.2. The smallest absolute Gasteiger partial charge is 0.274 e. The second-order valence-corrected chi connectivity index (χ2v) is 5.75. The molecule has 0 spiro atoms. The summed E-state index contributed by atoms with van der Waals surface area (Å²) in [6.07, 6.45) is 1.54. The molecule has 1 amide bonds. The van der Waals surface area contributed by atoms with Crippen LogP contribution in [-0.4, -0.2) is 27.8 Å². The number of aryl methyl sites for hydroxylation is 1. The highest BCUT2D eigenvalue weighted by molar-refractivity contribution is 5.93. The third kappa shape index (κ3) is 3.06. The summed E-state index contributed by atoms with van der Waals surface area (Å²) in [7, 11) is 1.80. The maximum atomic E-state index is 12.7. The molecule has 1 heterocycles. The lowest BCUT2D eigenvalue weighted by Crippen LogP contribution is -2.30. The van der Waals surface area contributed by atoms with E-state index in [1.807, 2.05) is 38.1 Å². The van der Waals surface area contributed by atoms with Gasteiger partial charge in [0.15, 0.2) is 0 Å². The van der Waals surface area contributed by atoms with Crippen molar-refractivity contribution in [2.45, 2.75) is 19.9 Å². The van der Waals surface area contributed by atoms with Gasteiger partial charge in [-0.2, -0.15) is 0 Å². The van der Waals surface area contributed by atoms with Gasteiger partial charge in [0, 0.05) is 7.05 Å². The molecule has 0 fully saturated rings. The van der Waals surface area contributed by atoms with Crippen molar-refractivity contribution < 1.29 is 4.79 Å². The number of para-hydroxylation sites is 2. The second kappa shape index (κ2) is 6.16. The molecule has 0 aliphatic rings. The predicted molar refractivity (Wildman–Crippen MR) is 91.2 cm³/mol. The molecule has 116 valence electrons. The van der Waals surface area contributed by atoms with Crippen molar-refractivity contribution in [2.75, 3.05) is 7.05 Å². The first-order chi connectivity index (χ1) is 11.1. The first-order valence-electron chi connectivity index (χ1n) is 7.62. The number of hydrogen-bond donors (Lipinski definition) is 0. The summed E-state index contributed by atoms with van der Waals surface area (Å²) in [5.74, 6) is -0.128. The largest absolute Gasteiger partial charge is 0.334 e. The predicted octanol–water partition coefficient (Wildman–Crippen LogP) is 3.77. The zero-order valence-corrected chi connectivity index (χ0v) is 13.5. The van der Waals surface area contributed by atoms with Crippen LogP contribution in [0.5, 0.6) is 0 Å². The average molecular weight is 305 g/mol. The minimum atomic E-state index is -0.128. The molecule has 4 heteroatoms. The summed E-state index contributed by atoms with van der Waals surface area (Å²) in [6, 6.07) is 15.7. The topological polar surface area (TPSA) is 46.1 Å². The van der Waals surface area contributed by atoms with E-state index in [0.717, 1.165) is 16.6 Å². The van der Waals surface area contributed by atoms with Gasteiger partial charge in [-0.1, -0.05) is 42.0 Å². The number of fused-ring (bicyclic) bond motifs is 1. The van der Waals surface area contributed by atoms with Gasteiger partial charge in [-0.05, 0) is 31.5 Å². The monoisotopic (exact) mass is 305 g/mol. The molecule has 2 aromatic carbocycles. The molecule has 0 saturated carbocycles. The van der Waals surface area contributed by atoms with Crippen molar-refractivity contribution in [1.29, 1.82) is 0 Å². The lowest BCUT2D eigenvalue weighted by molar-refractivity contribution is 0.0736.